The number of aromatic nitrogens is 3. The molecule has 0 spiro atoms. The Morgan fingerprint density at radius 3 is 2.74 bits per heavy atom. The van der Waals surface area contributed by atoms with Crippen molar-refractivity contribution < 1.29 is 4.79 Å². The van der Waals surface area contributed by atoms with Crippen LogP contribution in [-0.2, 0) is 4.79 Å². The molecular formula is C19H21ClN6O. The summed E-state index contributed by atoms with van der Waals surface area (Å²) >= 11 is 6.12. The highest BCUT2D eigenvalue weighted by atomic mass is 35.5. The quantitative estimate of drug-likeness (QED) is 0.748. The maximum absolute atomic E-state index is 12.4. The van der Waals surface area contributed by atoms with Crippen molar-refractivity contribution in [2.24, 2.45) is 0 Å². The van der Waals surface area contributed by atoms with E-state index in [1.54, 1.807) is 6.33 Å². The van der Waals surface area contributed by atoms with Crippen molar-refractivity contribution in [3.8, 4) is 0 Å². The van der Waals surface area contributed by atoms with Gasteiger partial charge in [-0.3, -0.25) is 14.1 Å². The lowest BCUT2D eigenvalue weighted by Crippen LogP contribution is -2.49. The first-order chi connectivity index (χ1) is 13.1. The minimum atomic E-state index is -0.0188. The molecule has 1 amide bonds. The summed E-state index contributed by atoms with van der Waals surface area (Å²) in [7, 11) is 0. The highest BCUT2D eigenvalue weighted by Crippen LogP contribution is 2.23. The zero-order valence-corrected chi connectivity index (χ0v) is 15.9. The Morgan fingerprint density at radius 1 is 1.15 bits per heavy atom. The van der Waals surface area contributed by atoms with E-state index in [1.165, 1.54) is 0 Å². The van der Waals surface area contributed by atoms with Crippen LogP contribution in [0.3, 0.4) is 0 Å². The highest BCUT2D eigenvalue weighted by Gasteiger charge is 2.21. The van der Waals surface area contributed by atoms with Gasteiger partial charge in [-0.1, -0.05) is 23.7 Å². The smallest absolute Gasteiger partial charge is 0.238 e. The van der Waals surface area contributed by atoms with Gasteiger partial charge in [0.2, 0.25) is 5.91 Å². The molecule has 0 aliphatic carbocycles. The minimum absolute atomic E-state index is 0.0188. The minimum Gasteiger partial charge on any atom is -0.355 e. The molecule has 1 saturated heterocycles. The molecular weight excluding hydrogens is 364 g/mol. The van der Waals surface area contributed by atoms with Crippen molar-refractivity contribution in [2.75, 3.05) is 42.9 Å². The first-order valence-electron chi connectivity index (χ1n) is 8.93. The van der Waals surface area contributed by atoms with Gasteiger partial charge in [-0.05, 0) is 36.8 Å². The SMILES string of the molecule is Cc1c(Cl)cccc1NC(=O)CN1CCN(c2cccc3nncn23)CC1. The Hall–Kier alpha value is -2.64. The average molecular weight is 385 g/mol. The Balaban J connectivity index is 1.35. The molecule has 0 atom stereocenters. The molecule has 1 aliphatic heterocycles. The summed E-state index contributed by atoms with van der Waals surface area (Å²) < 4.78 is 1.99. The first-order valence-corrected chi connectivity index (χ1v) is 9.30. The first kappa shape index (κ1) is 17.8. The molecule has 0 radical (unpaired) electrons. The molecule has 27 heavy (non-hydrogen) atoms. The highest BCUT2D eigenvalue weighted by molar-refractivity contribution is 6.31. The van der Waals surface area contributed by atoms with Crippen LogP contribution >= 0.6 is 11.6 Å². The van der Waals surface area contributed by atoms with Crippen LogP contribution in [0.15, 0.2) is 42.7 Å². The molecule has 140 valence electrons. The van der Waals surface area contributed by atoms with Crippen LogP contribution in [0.25, 0.3) is 5.65 Å². The molecule has 1 fully saturated rings. The van der Waals surface area contributed by atoms with Gasteiger partial charge in [0.1, 0.15) is 12.1 Å². The number of amides is 1. The van der Waals surface area contributed by atoms with Gasteiger partial charge in [0, 0.05) is 36.9 Å². The molecule has 0 saturated carbocycles. The number of halogens is 1. The van der Waals surface area contributed by atoms with E-state index in [0.29, 0.717) is 11.6 Å². The van der Waals surface area contributed by atoms with Gasteiger partial charge in [0.25, 0.3) is 0 Å². The number of anilines is 2. The van der Waals surface area contributed by atoms with E-state index >= 15 is 0 Å². The Morgan fingerprint density at radius 2 is 1.93 bits per heavy atom. The van der Waals surface area contributed by atoms with Crippen molar-refractivity contribution in [1.29, 1.82) is 0 Å². The van der Waals surface area contributed by atoms with Gasteiger partial charge >= 0.3 is 0 Å². The van der Waals surface area contributed by atoms with Crippen molar-refractivity contribution in [3.05, 3.63) is 53.3 Å². The van der Waals surface area contributed by atoms with Gasteiger partial charge in [-0.2, -0.15) is 0 Å². The number of nitrogens with one attached hydrogen (secondary N) is 1. The largest absolute Gasteiger partial charge is 0.355 e. The van der Waals surface area contributed by atoms with Crippen molar-refractivity contribution in [2.45, 2.75) is 6.92 Å². The second-order valence-electron chi connectivity index (χ2n) is 6.67. The third kappa shape index (κ3) is 3.74. The zero-order valence-electron chi connectivity index (χ0n) is 15.1. The maximum Gasteiger partial charge on any atom is 0.238 e. The van der Waals surface area contributed by atoms with E-state index in [-0.39, 0.29) is 5.91 Å². The molecule has 0 unspecified atom stereocenters. The van der Waals surface area contributed by atoms with Crippen LogP contribution in [0.5, 0.6) is 0 Å². The molecule has 3 aromatic rings. The van der Waals surface area contributed by atoms with E-state index in [9.17, 15) is 4.79 Å². The van der Waals surface area contributed by atoms with Crippen molar-refractivity contribution >= 4 is 34.7 Å². The van der Waals surface area contributed by atoms with E-state index in [0.717, 1.165) is 48.9 Å². The number of nitrogens with zero attached hydrogens (tertiary/aromatic N) is 5. The summed E-state index contributed by atoms with van der Waals surface area (Å²) in [5.41, 5.74) is 2.50. The number of hydrogen-bond donors (Lipinski definition) is 1. The fourth-order valence-corrected chi connectivity index (χ4v) is 3.54. The number of carbonyl (C=O) groups excluding carboxylic acids is 1. The lowest BCUT2D eigenvalue weighted by atomic mass is 10.2. The number of benzene rings is 1. The summed E-state index contributed by atoms with van der Waals surface area (Å²) in [4.78, 5) is 16.9. The molecule has 7 nitrogen and oxygen atoms in total. The standard InChI is InChI=1S/C19H21ClN6O/c1-14-15(20)4-2-5-16(14)22-18(27)12-24-8-10-25(11-9-24)19-7-3-6-17-23-21-13-26(17)19/h2-7,13H,8-12H2,1H3,(H,22,27). The molecule has 1 N–H and O–H groups in total. The van der Waals surface area contributed by atoms with Gasteiger partial charge in [-0.25, -0.2) is 0 Å². The van der Waals surface area contributed by atoms with E-state index < -0.39 is 0 Å². The number of piperazine rings is 1. The van der Waals surface area contributed by atoms with Gasteiger partial charge in [-0.15, -0.1) is 10.2 Å². The molecule has 4 rings (SSSR count). The van der Waals surface area contributed by atoms with Crippen molar-refractivity contribution in [3.63, 3.8) is 0 Å². The molecule has 3 heterocycles. The number of carbonyl (C=O) groups is 1. The van der Waals surface area contributed by atoms with Gasteiger partial charge < -0.3 is 10.2 Å². The lowest BCUT2D eigenvalue weighted by molar-refractivity contribution is -0.117. The van der Waals surface area contributed by atoms with E-state index in [4.69, 9.17) is 11.6 Å². The number of pyridine rings is 1. The second kappa shape index (κ2) is 7.54. The summed E-state index contributed by atoms with van der Waals surface area (Å²) in [5, 5.41) is 11.7. The number of rotatable bonds is 4. The topological polar surface area (TPSA) is 65.8 Å². The summed E-state index contributed by atoms with van der Waals surface area (Å²) in [6.07, 6.45) is 1.73. The van der Waals surface area contributed by atoms with E-state index in [1.807, 2.05) is 41.7 Å². The average Bonchev–Trinajstić information content (AvgIpc) is 3.15. The predicted molar refractivity (Wildman–Crippen MR) is 106 cm³/mol. The van der Waals surface area contributed by atoms with Crippen LogP contribution < -0.4 is 10.2 Å². The summed E-state index contributed by atoms with van der Waals surface area (Å²) in [6.45, 7) is 5.61. The maximum atomic E-state index is 12.4. The predicted octanol–water partition coefficient (Wildman–Crippen LogP) is 2.45. The third-order valence-corrected chi connectivity index (χ3v) is 5.33. The van der Waals surface area contributed by atoms with Crippen LogP contribution in [0.1, 0.15) is 5.56 Å². The fourth-order valence-electron chi connectivity index (χ4n) is 3.36. The Bertz CT molecular complexity index is 964. The van der Waals surface area contributed by atoms with Crippen molar-refractivity contribution in [1.82, 2.24) is 19.5 Å². The van der Waals surface area contributed by atoms with Crippen LogP contribution in [0.2, 0.25) is 5.02 Å². The molecule has 1 aromatic carbocycles. The Labute approximate surface area is 162 Å². The van der Waals surface area contributed by atoms with Crippen LogP contribution in [0.4, 0.5) is 11.5 Å². The lowest BCUT2D eigenvalue weighted by Gasteiger charge is -2.35. The second-order valence-corrected chi connectivity index (χ2v) is 7.07. The third-order valence-electron chi connectivity index (χ3n) is 4.92. The Kier molecular flexibility index (Phi) is 4.96. The normalized spacial score (nSPS) is 15.3. The zero-order chi connectivity index (χ0) is 18.8. The molecule has 8 heteroatoms. The number of fused-ring (bicyclic) bond motifs is 1. The van der Waals surface area contributed by atoms with Crippen LogP contribution in [-0.4, -0.2) is 58.1 Å². The van der Waals surface area contributed by atoms with Gasteiger partial charge in [0.15, 0.2) is 5.65 Å². The fraction of sp³-hybridized carbons (Fsp3) is 0.316. The van der Waals surface area contributed by atoms with E-state index in [2.05, 4.69) is 31.4 Å². The monoisotopic (exact) mass is 384 g/mol. The molecule has 2 aromatic heterocycles. The summed E-state index contributed by atoms with van der Waals surface area (Å²) in [6, 6.07) is 11.5. The number of hydrogen-bond acceptors (Lipinski definition) is 5. The molecule has 1 aliphatic rings. The summed E-state index contributed by atoms with van der Waals surface area (Å²) in [5.74, 6) is 1.06. The van der Waals surface area contributed by atoms with Gasteiger partial charge in [0.05, 0.1) is 6.54 Å². The molecule has 0 bridgehead atoms. The van der Waals surface area contributed by atoms with Crippen LogP contribution in [0, 0.1) is 6.92 Å².